The fourth-order valence-electron chi connectivity index (χ4n) is 3.41. The zero-order valence-electron chi connectivity index (χ0n) is 14.8. The molecular weight excluding hydrogens is 384 g/mol. The second-order valence-electron chi connectivity index (χ2n) is 6.52. The summed E-state index contributed by atoms with van der Waals surface area (Å²) in [5.41, 5.74) is 0.954. The van der Waals surface area contributed by atoms with Crippen LogP contribution in [0.4, 0.5) is 17.1 Å². The fourth-order valence-corrected chi connectivity index (χ4v) is 3.41. The number of anilines is 1. The van der Waals surface area contributed by atoms with Crippen LogP contribution < -0.4 is 4.90 Å². The Morgan fingerprint density at radius 1 is 0.966 bits per heavy atom. The zero-order valence-corrected chi connectivity index (χ0v) is 14.8. The van der Waals surface area contributed by atoms with E-state index in [-0.39, 0.29) is 22.8 Å². The summed E-state index contributed by atoms with van der Waals surface area (Å²) in [5, 5.41) is 25.6. The van der Waals surface area contributed by atoms with Crippen molar-refractivity contribution in [2.75, 3.05) is 4.90 Å². The lowest BCUT2D eigenvalue weighted by atomic mass is 9.94. The number of non-ortho nitro benzene ring substituents is 2. The maximum Gasteiger partial charge on any atom is 0.278 e. The average Bonchev–Trinajstić information content (AvgIpc) is 3.23. The molecule has 0 N–H and O–H groups in total. The minimum absolute atomic E-state index is 0.123. The van der Waals surface area contributed by atoms with Gasteiger partial charge in [-0.1, -0.05) is 5.16 Å². The highest BCUT2D eigenvalue weighted by atomic mass is 16.7. The maximum absolute atomic E-state index is 13.0. The Bertz CT molecular complexity index is 1110. The third-order valence-electron chi connectivity index (χ3n) is 4.82. The predicted octanol–water partition coefficient (Wildman–Crippen LogP) is 2.10. The van der Waals surface area contributed by atoms with E-state index in [9.17, 15) is 29.8 Å². The summed E-state index contributed by atoms with van der Waals surface area (Å²) in [7, 11) is 0. The van der Waals surface area contributed by atoms with Crippen molar-refractivity contribution in [2.24, 2.45) is 11.1 Å². The number of benzene rings is 2. The molecule has 0 aromatic heterocycles. The number of hydrogen-bond acceptors (Lipinski definition) is 8. The Hall–Kier alpha value is -4.15. The number of hydrogen-bond donors (Lipinski definition) is 0. The highest BCUT2D eigenvalue weighted by Crippen LogP contribution is 2.37. The average molecular weight is 396 g/mol. The van der Waals surface area contributed by atoms with Gasteiger partial charge in [-0.3, -0.25) is 29.8 Å². The van der Waals surface area contributed by atoms with Crippen LogP contribution in [0.15, 0.2) is 47.6 Å². The number of imide groups is 1. The van der Waals surface area contributed by atoms with Gasteiger partial charge in [0.1, 0.15) is 11.6 Å². The molecule has 2 atom stereocenters. The second kappa shape index (κ2) is 6.48. The third-order valence-corrected chi connectivity index (χ3v) is 4.82. The van der Waals surface area contributed by atoms with Crippen LogP contribution in [0.3, 0.4) is 0 Å². The van der Waals surface area contributed by atoms with Crippen molar-refractivity contribution in [2.45, 2.75) is 13.0 Å². The molecule has 4 rings (SSSR count). The normalized spacial score (nSPS) is 20.3. The number of oxime groups is 1. The van der Waals surface area contributed by atoms with Gasteiger partial charge in [0, 0.05) is 29.8 Å². The minimum Gasteiger partial charge on any atom is -0.381 e. The summed E-state index contributed by atoms with van der Waals surface area (Å²) in [6.45, 7) is 1.56. The monoisotopic (exact) mass is 396 g/mol. The summed E-state index contributed by atoms with van der Waals surface area (Å²) in [4.78, 5) is 52.5. The van der Waals surface area contributed by atoms with E-state index >= 15 is 0 Å². The Labute approximate surface area is 162 Å². The number of nitro benzene ring substituents is 2. The second-order valence-corrected chi connectivity index (χ2v) is 6.52. The van der Waals surface area contributed by atoms with E-state index in [1.807, 2.05) is 0 Å². The molecule has 2 aliphatic rings. The molecule has 0 saturated carbocycles. The predicted molar refractivity (Wildman–Crippen MR) is 98.3 cm³/mol. The van der Waals surface area contributed by atoms with E-state index in [1.54, 1.807) is 6.92 Å². The Morgan fingerprint density at radius 2 is 1.59 bits per heavy atom. The Kier molecular flexibility index (Phi) is 4.07. The van der Waals surface area contributed by atoms with Crippen LogP contribution in [-0.2, 0) is 14.4 Å². The zero-order chi connectivity index (χ0) is 20.9. The number of carbonyl (C=O) groups is 2. The topological polar surface area (TPSA) is 145 Å². The molecule has 11 heteroatoms. The van der Waals surface area contributed by atoms with Crippen LogP contribution >= 0.6 is 0 Å². The highest BCUT2D eigenvalue weighted by Gasteiger charge is 2.56. The number of fused-ring (bicyclic) bond motifs is 1. The van der Waals surface area contributed by atoms with Gasteiger partial charge in [-0.15, -0.1) is 0 Å². The van der Waals surface area contributed by atoms with Gasteiger partial charge in [0.05, 0.1) is 15.5 Å². The van der Waals surface area contributed by atoms with Gasteiger partial charge >= 0.3 is 0 Å². The number of nitrogens with zero attached hydrogens (tertiary/aromatic N) is 4. The van der Waals surface area contributed by atoms with Gasteiger partial charge in [0.2, 0.25) is 12.0 Å². The van der Waals surface area contributed by atoms with E-state index in [2.05, 4.69) is 5.16 Å². The van der Waals surface area contributed by atoms with Crippen molar-refractivity contribution in [1.29, 1.82) is 0 Å². The summed E-state index contributed by atoms with van der Waals surface area (Å²) in [5.74, 6) is -2.21. The van der Waals surface area contributed by atoms with Crippen LogP contribution in [0, 0.1) is 33.1 Å². The van der Waals surface area contributed by atoms with E-state index in [0.29, 0.717) is 11.1 Å². The first kappa shape index (κ1) is 18.2. The number of nitro groups is 2. The first-order valence-corrected chi connectivity index (χ1v) is 8.41. The van der Waals surface area contributed by atoms with Crippen molar-refractivity contribution in [1.82, 2.24) is 0 Å². The van der Waals surface area contributed by atoms with Gasteiger partial charge in [-0.25, -0.2) is 4.90 Å². The molecule has 0 bridgehead atoms. The van der Waals surface area contributed by atoms with Crippen molar-refractivity contribution in [3.05, 3.63) is 73.8 Å². The molecule has 11 nitrogen and oxygen atoms in total. The molecule has 2 aliphatic heterocycles. The quantitative estimate of drug-likeness (QED) is 0.437. The molecule has 0 radical (unpaired) electrons. The lowest BCUT2D eigenvalue weighted by Crippen LogP contribution is -2.33. The van der Waals surface area contributed by atoms with Gasteiger partial charge in [0.25, 0.3) is 17.3 Å². The SMILES string of the molecule is Cc1cc([N+](=O)[O-])ccc1N1C(=O)[C@@H]2C(c3ccc([N+](=O)[O-])cc3)=NO[C@H]2C1=O. The van der Waals surface area contributed by atoms with Crippen LogP contribution in [-0.4, -0.2) is 33.5 Å². The lowest BCUT2D eigenvalue weighted by molar-refractivity contribution is -0.385. The Morgan fingerprint density at radius 3 is 2.17 bits per heavy atom. The number of aryl methyl sites for hydroxylation is 1. The largest absolute Gasteiger partial charge is 0.381 e. The molecule has 146 valence electrons. The van der Waals surface area contributed by atoms with Crippen LogP contribution in [0.1, 0.15) is 11.1 Å². The van der Waals surface area contributed by atoms with Crippen LogP contribution in [0.2, 0.25) is 0 Å². The molecule has 0 unspecified atom stereocenters. The summed E-state index contributed by atoms with van der Waals surface area (Å²) >= 11 is 0. The Balaban J connectivity index is 1.67. The maximum atomic E-state index is 13.0. The fraction of sp³-hybridized carbons (Fsp3) is 0.167. The number of amides is 2. The molecule has 2 heterocycles. The first-order valence-electron chi connectivity index (χ1n) is 8.41. The third kappa shape index (κ3) is 2.79. The van der Waals surface area contributed by atoms with Crippen LogP contribution in [0.25, 0.3) is 0 Å². The first-order chi connectivity index (χ1) is 13.8. The van der Waals surface area contributed by atoms with Gasteiger partial charge in [0.15, 0.2) is 0 Å². The molecule has 1 saturated heterocycles. The molecule has 2 aromatic carbocycles. The lowest BCUT2D eigenvalue weighted by Gasteiger charge is -2.17. The minimum atomic E-state index is -1.15. The summed E-state index contributed by atoms with van der Waals surface area (Å²) in [6.07, 6.45) is -1.15. The van der Waals surface area contributed by atoms with Crippen molar-refractivity contribution in [3.8, 4) is 0 Å². The number of rotatable bonds is 4. The molecule has 2 amide bonds. The van der Waals surface area contributed by atoms with E-state index in [1.165, 1.54) is 42.5 Å². The van der Waals surface area contributed by atoms with E-state index in [0.717, 1.165) is 4.90 Å². The number of carbonyl (C=O) groups excluding carboxylic acids is 2. The highest BCUT2D eigenvalue weighted by molar-refractivity contribution is 6.32. The molecular formula is C18H12N4O7. The molecule has 0 spiro atoms. The van der Waals surface area contributed by atoms with Gasteiger partial charge in [-0.05, 0) is 30.7 Å². The van der Waals surface area contributed by atoms with Crippen molar-refractivity contribution in [3.63, 3.8) is 0 Å². The van der Waals surface area contributed by atoms with Gasteiger partial charge < -0.3 is 4.84 Å². The molecule has 29 heavy (non-hydrogen) atoms. The van der Waals surface area contributed by atoms with E-state index < -0.39 is 33.7 Å². The molecule has 2 aromatic rings. The smallest absolute Gasteiger partial charge is 0.278 e. The van der Waals surface area contributed by atoms with E-state index in [4.69, 9.17) is 4.84 Å². The van der Waals surface area contributed by atoms with Gasteiger partial charge in [-0.2, -0.15) is 0 Å². The standard InChI is InChI=1S/C18H12N4O7/c1-9-8-12(22(27)28)6-7-13(9)20-17(23)14-15(19-29-16(14)18(20)24)10-2-4-11(5-3-10)21(25)26/h2-8,14,16H,1H3/t14-,16-/m1/s1. The van der Waals surface area contributed by atoms with Crippen LogP contribution in [0.5, 0.6) is 0 Å². The molecule has 1 fully saturated rings. The molecule has 0 aliphatic carbocycles. The van der Waals surface area contributed by atoms with Crippen molar-refractivity contribution < 1.29 is 24.3 Å². The summed E-state index contributed by atoms with van der Waals surface area (Å²) < 4.78 is 0. The van der Waals surface area contributed by atoms with Crippen molar-refractivity contribution >= 4 is 34.6 Å². The summed E-state index contributed by atoms with van der Waals surface area (Å²) in [6, 6.07) is 9.22.